The second-order valence-corrected chi connectivity index (χ2v) is 5.27. The summed E-state index contributed by atoms with van der Waals surface area (Å²) in [6, 6.07) is 0. The van der Waals surface area contributed by atoms with Crippen LogP contribution < -0.4 is 0 Å². The summed E-state index contributed by atoms with van der Waals surface area (Å²) in [6.07, 6.45) is 16.4. The summed E-state index contributed by atoms with van der Waals surface area (Å²) >= 11 is 0. The first-order valence-electron chi connectivity index (χ1n) is 6.74. The van der Waals surface area contributed by atoms with Crippen LogP contribution in [0.25, 0.3) is 0 Å². The lowest BCUT2D eigenvalue weighted by molar-refractivity contribution is 0.408. The molecular formula is C15H24. The molecule has 2 aliphatic rings. The third kappa shape index (κ3) is 3.22. The Balaban J connectivity index is 1.88. The molecule has 2 saturated carbocycles. The summed E-state index contributed by atoms with van der Waals surface area (Å²) in [7, 11) is 0. The second kappa shape index (κ2) is 5.53. The smallest absolute Gasteiger partial charge is 0.0168 e. The number of hydrogen-bond donors (Lipinski definition) is 0. The number of rotatable bonds is 2. The molecule has 15 heavy (non-hydrogen) atoms. The van der Waals surface area contributed by atoms with Crippen LogP contribution >= 0.6 is 0 Å². The highest BCUT2D eigenvalue weighted by molar-refractivity contribution is 5.24. The Morgan fingerprint density at radius 2 is 1.53 bits per heavy atom. The minimum Gasteiger partial charge on any atom is -0.0956 e. The van der Waals surface area contributed by atoms with Crippen molar-refractivity contribution in [3.05, 3.63) is 23.8 Å². The highest BCUT2D eigenvalue weighted by Gasteiger charge is 2.15. The zero-order valence-corrected chi connectivity index (χ0v) is 9.93. The summed E-state index contributed by atoms with van der Waals surface area (Å²) in [6.45, 7) is 4.30. The van der Waals surface area contributed by atoms with Crippen LogP contribution in [0.1, 0.15) is 64.2 Å². The lowest BCUT2D eigenvalue weighted by Crippen LogP contribution is -2.08. The van der Waals surface area contributed by atoms with E-state index in [0.717, 1.165) is 5.92 Å². The average Bonchev–Trinajstić information content (AvgIpc) is 2.31. The maximum Gasteiger partial charge on any atom is -0.0168 e. The molecule has 0 spiro atoms. The van der Waals surface area contributed by atoms with Gasteiger partial charge in [-0.1, -0.05) is 49.5 Å². The molecule has 0 heteroatoms. The van der Waals surface area contributed by atoms with E-state index in [4.69, 9.17) is 0 Å². The topological polar surface area (TPSA) is 0 Å². The molecule has 0 atom stereocenters. The molecule has 0 aliphatic heterocycles. The predicted molar refractivity (Wildman–Crippen MR) is 66.9 cm³/mol. The largest absolute Gasteiger partial charge is 0.0956 e. The standard InChI is InChI=1S/C15H24/c1-13(15-10-6-3-7-11-15)12-14-8-4-2-5-9-14/h12,15H,1-11H2. The number of allylic oxidation sites excluding steroid dienone is 3. The predicted octanol–water partition coefficient (Wildman–Crippen LogP) is 5.01. The summed E-state index contributed by atoms with van der Waals surface area (Å²) in [5.41, 5.74) is 3.11. The fourth-order valence-electron chi connectivity index (χ4n) is 3.00. The Morgan fingerprint density at radius 1 is 0.933 bits per heavy atom. The first kappa shape index (κ1) is 11.0. The molecule has 0 saturated heterocycles. The van der Waals surface area contributed by atoms with Gasteiger partial charge < -0.3 is 0 Å². The Kier molecular flexibility index (Phi) is 4.05. The second-order valence-electron chi connectivity index (χ2n) is 5.27. The Morgan fingerprint density at radius 3 is 2.20 bits per heavy atom. The van der Waals surface area contributed by atoms with Crippen LogP contribution in [0.2, 0.25) is 0 Å². The van der Waals surface area contributed by atoms with Gasteiger partial charge in [0.2, 0.25) is 0 Å². The van der Waals surface area contributed by atoms with Crippen LogP contribution in [0.4, 0.5) is 0 Å². The molecule has 2 aliphatic carbocycles. The van der Waals surface area contributed by atoms with E-state index in [0.29, 0.717) is 0 Å². The summed E-state index contributed by atoms with van der Waals surface area (Å²) in [5, 5.41) is 0. The molecule has 0 aromatic heterocycles. The third-order valence-electron chi connectivity index (χ3n) is 4.01. The molecular weight excluding hydrogens is 180 g/mol. The van der Waals surface area contributed by atoms with Crippen molar-refractivity contribution in [1.82, 2.24) is 0 Å². The minimum atomic E-state index is 0.813. The highest BCUT2D eigenvalue weighted by Crippen LogP contribution is 2.32. The minimum absolute atomic E-state index is 0.813. The lowest BCUT2D eigenvalue weighted by atomic mass is 9.82. The van der Waals surface area contributed by atoms with Crippen LogP contribution in [-0.2, 0) is 0 Å². The third-order valence-corrected chi connectivity index (χ3v) is 4.01. The van der Waals surface area contributed by atoms with Gasteiger partial charge in [0.05, 0.1) is 0 Å². The Hall–Kier alpha value is -0.520. The Labute approximate surface area is 94.5 Å². The average molecular weight is 204 g/mol. The first-order chi connectivity index (χ1) is 7.36. The van der Waals surface area contributed by atoms with Gasteiger partial charge in [0.15, 0.2) is 0 Å². The number of hydrogen-bond acceptors (Lipinski definition) is 0. The molecule has 0 bridgehead atoms. The maximum atomic E-state index is 4.30. The van der Waals surface area contributed by atoms with Gasteiger partial charge in [-0.25, -0.2) is 0 Å². The normalized spacial score (nSPS) is 23.9. The van der Waals surface area contributed by atoms with Crippen molar-refractivity contribution < 1.29 is 0 Å². The van der Waals surface area contributed by atoms with E-state index < -0.39 is 0 Å². The lowest BCUT2D eigenvalue weighted by Gasteiger charge is -2.23. The van der Waals surface area contributed by atoms with E-state index in [1.807, 2.05) is 0 Å². The molecule has 2 fully saturated rings. The zero-order chi connectivity index (χ0) is 10.5. The van der Waals surface area contributed by atoms with Gasteiger partial charge in [-0.2, -0.15) is 0 Å². The van der Waals surface area contributed by atoms with Gasteiger partial charge in [0.25, 0.3) is 0 Å². The molecule has 0 amide bonds. The highest BCUT2D eigenvalue weighted by atomic mass is 14.2. The fourth-order valence-corrected chi connectivity index (χ4v) is 3.00. The van der Waals surface area contributed by atoms with Crippen molar-refractivity contribution in [3.8, 4) is 0 Å². The molecule has 0 unspecified atom stereocenters. The molecule has 0 N–H and O–H groups in total. The fraction of sp³-hybridized carbons (Fsp3) is 0.733. The van der Waals surface area contributed by atoms with Crippen LogP contribution in [0, 0.1) is 5.92 Å². The summed E-state index contributed by atoms with van der Waals surface area (Å²) < 4.78 is 0. The SMILES string of the molecule is C=C(C=C1CCCCC1)C1CCCCC1. The molecule has 0 radical (unpaired) electrons. The van der Waals surface area contributed by atoms with Crippen molar-refractivity contribution in [2.75, 3.05) is 0 Å². The van der Waals surface area contributed by atoms with Gasteiger partial charge in [-0.05, 0) is 44.4 Å². The molecule has 0 aromatic rings. The molecule has 0 aromatic carbocycles. The first-order valence-corrected chi connectivity index (χ1v) is 6.74. The molecule has 0 heterocycles. The zero-order valence-electron chi connectivity index (χ0n) is 9.93. The molecule has 0 nitrogen and oxygen atoms in total. The van der Waals surface area contributed by atoms with Crippen molar-refractivity contribution in [3.63, 3.8) is 0 Å². The van der Waals surface area contributed by atoms with Gasteiger partial charge in [-0.15, -0.1) is 0 Å². The quantitative estimate of drug-likeness (QED) is 0.593. The van der Waals surface area contributed by atoms with E-state index in [1.165, 1.54) is 69.8 Å². The van der Waals surface area contributed by atoms with E-state index in [9.17, 15) is 0 Å². The van der Waals surface area contributed by atoms with E-state index >= 15 is 0 Å². The van der Waals surface area contributed by atoms with Crippen LogP contribution in [-0.4, -0.2) is 0 Å². The van der Waals surface area contributed by atoms with Gasteiger partial charge >= 0.3 is 0 Å². The Bertz CT molecular complexity index is 233. The maximum absolute atomic E-state index is 4.30. The molecule has 2 rings (SSSR count). The van der Waals surface area contributed by atoms with Gasteiger partial charge in [0.1, 0.15) is 0 Å². The molecule has 84 valence electrons. The van der Waals surface area contributed by atoms with Crippen LogP contribution in [0.15, 0.2) is 23.8 Å². The van der Waals surface area contributed by atoms with Gasteiger partial charge in [0, 0.05) is 0 Å². The summed E-state index contributed by atoms with van der Waals surface area (Å²) in [4.78, 5) is 0. The van der Waals surface area contributed by atoms with Crippen molar-refractivity contribution in [1.29, 1.82) is 0 Å². The van der Waals surface area contributed by atoms with Crippen molar-refractivity contribution >= 4 is 0 Å². The van der Waals surface area contributed by atoms with E-state index in [2.05, 4.69) is 12.7 Å². The van der Waals surface area contributed by atoms with Gasteiger partial charge in [-0.3, -0.25) is 0 Å². The summed E-state index contributed by atoms with van der Waals surface area (Å²) in [5.74, 6) is 0.813. The monoisotopic (exact) mass is 204 g/mol. The van der Waals surface area contributed by atoms with E-state index in [-0.39, 0.29) is 0 Å². The van der Waals surface area contributed by atoms with Crippen molar-refractivity contribution in [2.24, 2.45) is 5.92 Å². The van der Waals surface area contributed by atoms with E-state index in [1.54, 1.807) is 5.57 Å². The van der Waals surface area contributed by atoms with Crippen LogP contribution in [0.5, 0.6) is 0 Å². The van der Waals surface area contributed by atoms with Crippen molar-refractivity contribution in [2.45, 2.75) is 64.2 Å². The van der Waals surface area contributed by atoms with Crippen LogP contribution in [0.3, 0.4) is 0 Å².